The van der Waals surface area contributed by atoms with Gasteiger partial charge in [0.05, 0.1) is 27.5 Å². The summed E-state index contributed by atoms with van der Waals surface area (Å²) < 4.78 is 1.87. The van der Waals surface area contributed by atoms with Crippen molar-refractivity contribution in [3.63, 3.8) is 0 Å². The molecular weight excluding hydrogens is 459 g/mol. The number of hydrogen-bond acceptors (Lipinski definition) is 4. The maximum absolute atomic E-state index is 11.0. The van der Waals surface area contributed by atoms with E-state index in [0.29, 0.717) is 21.9 Å². The van der Waals surface area contributed by atoms with E-state index in [1.165, 1.54) is 24.6 Å². The van der Waals surface area contributed by atoms with Crippen LogP contribution in [0.1, 0.15) is 53.2 Å². The molecular formula is C25H24Cl2N4O2. The lowest BCUT2D eigenvalue weighted by atomic mass is 9.95. The fraction of sp³-hybridized carbons (Fsp3) is 0.320. The zero-order chi connectivity index (χ0) is 22.9. The van der Waals surface area contributed by atoms with Gasteiger partial charge in [-0.15, -0.1) is 0 Å². The van der Waals surface area contributed by atoms with Gasteiger partial charge in [0.2, 0.25) is 0 Å². The van der Waals surface area contributed by atoms with Crippen molar-refractivity contribution in [2.45, 2.75) is 31.6 Å². The van der Waals surface area contributed by atoms with E-state index in [2.05, 4.69) is 27.1 Å². The Morgan fingerprint density at radius 3 is 2.36 bits per heavy atom. The average molecular weight is 483 g/mol. The number of carboxylic acids is 1. The summed E-state index contributed by atoms with van der Waals surface area (Å²) in [5.74, 6) is 0.865. The van der Waals surface area contributed by atoms with Crippen molar-refractivity contribution < 1.29 is 9.90 Å². The van der Waals surface area contributed by atoms with Gasteiger partial charge in [-0.1, -0.05) is 35.3 Å². The Morgan fingerprint density at radius 1 is 1.03 bits per heavy atom. The summed E-state index contributed by atoms with van der Waals surface area (Å²) in [5.41, 5.74) is 3.24. The van der Waals surface area contributed by atoms with Gasteiger partial charge in [0.25, 0.3) is 0 Å². The normalized spacial score (nSPS) is 17.1. The van der Waals surface area contributed by atoms with Crippen LogP contribution < -0.4 is 4.90 Å². The lowest BCUT2D eigenvalue weighted by Crippen LogP contribution is -2.33. The van der Waals surface area contributed by atoms with E-state index in [4.69, 9.17) is 28.3 Å². The molecule has 0 unspecified atom stereocenters. The highest BCUT2D eigenvalue weighted by atomic mass is 35.5. The second kappa shape index (κ2) is 9.20. The minimum absolute atomic E-state index is 0.207. The molecule has 1 N–H and O–H groups in total. The Hall–Kier alpha value is -2.83. The first kappa shape index (κ1) is 22.0. The fourth-order valence-corrected chi connectivity index (χ4v) is 4.92. The molecule has 0 spiro atoms. The second-order valence-corrected chi connectivity index (χ2v) is 9.45. The summed E-state index contributed by atoms with van der Waals surface area (Å²) in [5, 5.41) is 14.9. The van der Waals surface area contributed by atoms with Crippen LogP contribution in [0.2, 0.25) is 10.0 Å². The Kier molecular flexibility index (Phi) is 6.13. The van der Waals surface area contributed by atoms with Crippen LogP contribution in [0.15, 0.2) is 48.8 Å². The molecule has 1 aliphatic heterocycles. The molecule has 3 heterocycles. The number of halogens is 2. The molecule has 0 atom stereocenters. The topological polar surface area (TPSA) is 71.2 Å². The van der Waals surface area contributed by atoms with E-state index in [0.717, 1.165) is 43.1 Å². The molecule has 2 aromatic heterocycles. The predicted octanol–water partition coefficient (Wildman–Crippen LogP) is 6.08. The molecule has 5 rings (SSSR count). The highest BCUT2D eigenvalue weighted by Crippen LogP contribution is 2.43. The van der Waals surface area contributed by atoms with Gasteiger partial charge < -0.3 is 10.0 Å². The minimum atomic E-state index is -0.958. The molecule has 8 heteroatoms. The molecule has 1 saturated carbocycles. The van der Waals surface area contributed by atoms with Gasteiger partial charge in [-0.3, -0.25) is 0 Å². The number of nitrogens with zero attached hydrogens (tertiary/aromatic N) is 4. The van der Waals surface area contributed by atoms with Crippen LogP contribution >= 0.6 is 23.2 Å². The number of anilines is 1. The Morgan fingerprint density at radius 2 is 1.76 bits per heavy atom. The molecule has 33 heavy (non-hydrogen) atoms. The van der Waals surface area contributed by atoms with Crippen LogP contribution in [-0.4, -0.2) is 38.9 Å². The number of hydrogen-bond donors (Lipinski definition) is 1. The van der Waals surface area contributed by atoms with Crippen molar-refractivity contribution in [3.8, 4) is 5.69 Å². The Labute approximate surface area is 202 Å². The Balaban J connectivity index is 1.32. The van der Waals surface area contributed by atoms with E-state index in [1.54, 1.807) is 12.1 Å². The Bertz CT molecular complexity index is 1170. The van der Waals surface area contributed by atoms with Crippen molar-refractivity contribution in [1.29, 1.82) is 0 Å². The van der Waals surface area contributed by atoms with Gasteiger partial charge in [0, 0.05) is 24.8 Å². The van der Waals surface area contributed by atoms with E-state index in [9.17, 15) is 4.79 Å². The molecule has 3 aromatic rings. The number of pyridine rings is 1. The smallest absolute Gasteiger partial charge is 0.337 e. The van der Waals surface area contributed by atoms with Gasteiger partial charge in [-0.25, -0.2) is 14.5 Å². The first-order valence-electron chi connectivity index (χ1n) is 11.2. The molecule has 6 nitrogen and oxygen atoms in total. The van der Waals surface area contributed by atoms with Gasteiger partial charge >= 0.3 is 5.97 Å². The third kappa shape index (κ3) is 4.63. The highest BCUT2D eigenvalue weighted by Gasteiger charge is 2.29. The average Bonchev–Trinajstić information content (AvgIpc) is 3.58. The summed E-state index contributed by atoms with van der Waals surface area (Å²) in [6, 6.07) is 8.90. The quantitative estimate of drug-likeness (QED) is 0.460. The zero-order valence-electron chi connectivity index (χ0n) is 18.0. The van der Waals surface area contributed by atoms with Gasteiger partial charge in [-0.05, 0) is 67.9 Å². The molecule has 0 amide bonds. The van der Waals surface area contributed by atoms with Crippen molar-refractivity contribution >= 4 is 41.1 Å². The molecule has 1 aromatic carbocycles. The van der Waals surface area contributed by atoms with Gasteiger partial charge in [0.15, 0.2) is 0 Å². The summed E-state index contributed by atoms with van der Waals surface area (Å²) in [6.45, 7) is 1.75. The number of carboxylic acid groups (broad SMARTS) is 1. The molecule has 2 aliphatic rings. The summed E-state index contributed by atoms with van der Waals surface area (Å²) in [7, 11) is 0. The number of benzene rings is 1. The summed E-state index contributed by atoms with van der Waals surface area (Å²) in [6.07, 6.45) is 12.2. The molecule has 0 radical (unpaired) electrons. The summed E-state index contributed by atoms with van der Waals surface area (Å²) >= 11 is 13.0. The maximum Gasteiger partial charge on any atom is 0.337 e. The molecule has 170 valence electrons. The monoisotopic (exact) mass is 482 g/mol. The largest absolute Gasteiger partial charge is 0.478 e. The van der Waals surface area contributed by atoms with Crippen molar-refractivity contribution in [2.75, 3.05) is 18.0 Å². The van der Waals surface area contributed by atoms with Crippen molar-refractivity contribution in [1.82, 2.24) is 14.8 Å². The first-order chi connectivity index (χ1) is 16.0. The summed E-state index contributed by atoms with van der Waals surface area (Å²) in [4.78, 5) is 17.6. The predicted molar refractivity (Wildman–Crippen MR) is 131 cm³/mol. The van der Waals surface area contributed by atoms with Crippen LogP contribution in [0.3, 0.4) is 0 Å². The lowest BCUT2D eigenvalue weighted by molar-refractivity contribution is 0.0696. The molecule has 1 saturated heterocycles. The number of aromatic carboxylic acids is 1. The first-order valence-corrected chi connectivity index (χ1v) is 11.9. The highest BCUT2D eigenvalue weighted by molar-refractivity contribution is 6.37. The standard InChI is InChI=1S/C25H24Cl2N4O2/c26-20-2-1-3-21(27)24(20)31-22(19(15-29-31)17-5-6-17)8-4-16-10-12-30(13-11-16)23-9-7-18(14-28-23)25(32)33/h1-4,7-9,14-17H,5-6,10-13H2,(H,32,33). The van der Waals surface area contributed by atoms with E-state index >= 15 is 0 Å². The second-order valence-electron chi connectivity index (χ2n) is 8.64. The number of allylic oxidation sites excluding steroid dienone is 1. The van der Waals surface area contributed by atoms with E-state index in [1.807, 2.05) is 29.1 Å². The molecule has 2 fully saturated rings. The maximum atomic E-state index is 11.0. The number of piperidine rings is 1. The van der Waals surface area contributed by atoms with Crippen LogP contribution in [0.25, 0.3) is 11.8 Å². The molecule has 1 aliphatic carbocycles. The van der Waals surface area contributed by atoms with Crippen molar-refractivity contribution in [2.24, 2.45) is 5.92 Å². The van der Waals surface area contributed by atoms with E-state index in [-0.39, 0.29) is 5.56 Å². The number of aromatic nitrogens is 3. The van der Waals surface area contributed by atoms with Gasteiger partial charge in [-0.2, -0.15) is 5.10 Å². The molecule has 0 bridgehead atoms. The SMILES string of the molecule is O=C(O)c1ccc(N2CCC(C=Cc3c(C4CC4)cnn3-c3c(Cl)cccc3Cl)CC2)nc1. The van der Waals surface area contributed by atoms with Crippen LogP contribution in [0, 0.1) is 5.92 Å². The minimum Gasteiger partial charge on any atom is -0.478 e. The zero-order valence-corrected chi connectivity index (χ0v) is 19.5. The third-order valence-corrected chi connectivity index (χ3v) is 7.00. The van der Waals surface area contributed by atoms with Crippen LogP contribution in [-0.2, 0) is 0 Å². The van der Waals surface area contributed by atoms with E-state index < -0.39 is 5.97 Å². The number of rotatable bonds is 6. The number of carbonyl (C=O) groups is 1. The third-order valence-electron chi connectivity index (χ3n) is 6.39. The van der Waals surface area contributed by atoms with Crippen LogP contribution in [0.5, 0.6) is 0 Å². The lowest BCUT2D eigenvalue weighted by Gasteiger charge is -2.31. The van der Waals surface area contributed by atoms with Crippen LogP contribution in [0.4, 0.5) is 5.82 Å². The van der Waals surface area contributed by atoms with Crippen molar-refractivity contribution in [3.05, 3.63) is 75.7 Å². The van der Waals surface area contributed by atoms with Gasteiger partial charge in [0.1, 0.15) is 11.5 Å². The fourth-order valence-electron chi connectivity index (χ4n) is 4.36. The number of para-hydroxylation sites is 1.